The van der Waals surface area contributed by atoms with Crippen LogP contribution in [0.15, 0.2) is 37.6 Å². The maximum absolute atomic E-state index is 5.73. The lowest BCUT2D eigenvalue weighted by atomic mass is 10.3. The first-order valence-electron chi connectivity index (χ1n) is 5.97. The SMILES string of the molecule is COc1cc(NCc2ccc(CSC)o2)c(Br)cc1Br. The van der Waals surface area contributed by atoms with Gasteiger partial charge in [-0.25, -0.2) is 0 Å². The average Bonchev–Trinajstić information content (AvgIpc) is 2.86. The minimum absolute atomic E-state index is 0.637. The molecule has 1 heterocycles. The van der Waals surface area contributed by atoms with Crippen molar-refractivity contribution in [2.45, 2.75) is 12.3 Å². The maximum atomic E-state index is 5.73. The normalized spacial score (nSPS) is 10.6. The van der Waals surface area contributed by atoms with Gasteiger partial charge < -0.3 is 14.5 Å². The van der Waals surface area contributed by atoms with Crippen molar-refractivity contribution in [3.63, 3.8) is 0 Å². The fraction of sp³-hybridized carbons (Fsp3) is 0.286. The zero-order valence-corrected chi connectivity index (χ0v) is 15.2. The lowest BCUT2D eigenvalue weighted by Gasteiger charge is -2.11. The van der Waals surface area contributed by atoms with Crippen molar-refractivity contribution >= 4 is 49.3 Å². The molecular formula is C14H15Br2NO2S. The largest absolute Gasteiger partial charge is 0.495 e. The van der Waals surface area contributed by atoms with Gasteiger partial charge in [0, 0.05) is 10.5 Å². The van der Waals surface area contributed by atoms with Gasteiger partial charge in [-0.3, -0.25) is 0 Å². The second-order valence-corrected chi connectivity index (χ2v) is 6.70. The number of nitrogens with one attached hydrogen (secondary N) is 1. The van der Waals surface area contributed by atoms with E-state index in [0.29, 0.717) is 6.54 Å². The van der Waals surface area contributed by atoms with Gasteiger partial charge in [0.2, 0.25) is 0 Å². The van der Waals surface area contributed by atoms with Crippen LogP contribution in [0.5, 0.6) is 5.75 Å². The summed E-state index contributed by atoms with van der Waals surface area (Å²) >= 11 is 8.73. The van der Waals surface area contributed by atoms with Crippen LogP contribution in [0.1, 0.15) is 11.5 Å². The summed E-state index contributed by atoms with van der Waals surface area (Å²) < 4.78 is 12.9. The van der Waals surface area contributed by atoms with Gasteiger partial charge in [0.25, 0.3) is 0 Å². The third kappa shape index (κ3) is 3.96. The number of hydrogen-bond acceptors (Lipinski definition) is 4. The fourth-order valence-electron chi connectivity index (χ4n) is 1.74. The quantitative estimate of drug-likeness (QED) is 0.688. The van der Waals surface area contributed by atoms with Crippen LogP contribution in [0.4, 0.5) is 5.69 Å². The van der Waals surface area contributed by atoms with Crippen molar-refractivity contribution in [2.75, 3.05) is 18.7 Å². The van der Waals surface area contributed by atoms with Crippen molar-refractivity contribution in [2.24, 2.45) is 0 Å². The van der Waals surface area contributed by atoms with E-state index in [1.807, 2.05) is 24.3 Å². The summed E-state index contributed by atoms with van der Waals surface area (Å²) in [7, 11) is 1.65. The molecule has 6 heteroatoms. The van der Waals surface area contributed by atoms with Crippen molar-refractivity contribution in [3.8, 4) is 5.75 Å². The molecule has 0 fully saturated rings. The Bertz CT molecular complexity index is 587. The summed E-state index contributed by atoms with van der Waals surface area (Å²) in [5, 5.41) is 3.34. The van der Waals surface area contributed by atoms with E-state index in [-0.39, 0.29) is 0 Å². The number of rotatable bonds is 6. The lowest BCUT2D eigenvalue weighted by Crippen LogP contribution is -1.99. The summed E-state index contributed by atoms with van der Waals surface area (Å²) in [6, 6.07) is 7.93. The number of methoxy groups -OCH3 is 1. The molecule has 0 saturated carbocycles. The van der Waals surface area contributed by atoms with Crippen LogP contribution in [0.3, 0.4) is 0 Å². The summed E-state index contributed by atoms with van der Waals surface area (Å²) in [5.74, 6) is 3.61. The highest BCUT2D eigenvalue weighted by molar-refractivity contribution is 9.11. The van der Waals surface area contributed by atoms with E-state index in [0.717, 1.165) is 37.7 Å². The molecule has 1 aromatic heterocycles. The fourth-order valence-corrected chi connectivity index (χ4v) is 3.48. The number of halogens is 2. The van der Waals surface area contributed by atoms with E-state index in [1.165, 1.54) is 0 Å². The lowest BCUT2D eigenvalue weighted by molar-refractivity contribution is 0.412. The van der Waals surface area contributed by atoms with Crippen LogP contribution in [-0.2, 0) is 12.3 Å². The Balaban J connectivity index is 2.06. The molecule has 0 unspecified atom stereocenters. The second-order valence-electron chi connectivity index (χ2n) is 4.12. The Hall–Kier alpha value is -0.590. The molecule has 1 aromatic carbocycles. The maximum Gasteiger partial charge on any atom is 0.135 e. The van der Waals surface area contributed by atoms with E-state index >= 15 is 0 Å². The predicted molar refractivity (Wildman–Crippen MR) is 91.6 cm³/mol. The molecule has 0 aliphatic heterocycles. The number of furan rings is 1. The molecule has 0 aliphatic carbocycles. The third-order valence-electron chi connectivity index (χ3n) is 2.70. The van der Waals surface area contributed by atoms with Gasteiger partial charge >= 0.3 is 0 Å². The third-order valence-corrected chi connectivity index (χ3v) is 4.55. The highest BCUT2D eigenvalue weighted by Crippen LogP contribution is 2.34. The molecule has 0 spiro atoms. The first kappa shape index (κ1) is 15.8. The van der Waals surface area contributed by atoms with Crippen LogP contribution < -0.4 is 10.1 Å². The molecule has 3 nitrogen and oxygen atoms in total. The van der Waals surface area contributed by atoms with Crippen LogP contribution in [0.25, 0.3) is 0 Å². The average molecular weight is 421 g/mol. The minimum Gasteiger partial charge on any atom is -0.495 e. The molecular weight excluding hydrogens is 406 g/mol. The Morgan fingerprint density at radius 1 is 1.20 bits per heavy atom. The van der Waals surface area contributed by atoms with Gasteiger partial charge in [-0.1, -0.05) is 0 Å². The molecule has 0 bridgehead atoms. The molecule has 108 valence electrons. The minimum atomic E-state index is 0.637. The zero-order valence-electron chi connectivity index (χ0n) is 11.2. The first-order valence-corrected chi connectivity index (χ1v) is 8.95. The first-order chi connectivity index (χ1) is 9.63. The molecule has 1 N–H and O–H groups in total. The van der Waals surface area contributed by atoms with Gasteiger partial charge in [-0.2, -0.15) is 11.8 Å². The second kappa shape index (κ2) is 7.43. The van der Waals surface area contributed by atoms with Gasteiger partial charge in [0.05, 0.1) is 29.6 Å². The summed E-state index contributed by atoms with van der Waals surface area (Å²) in [6.45, 7) is 0.637. The number of thioether (sulfide) groups is 1. The van der Waals surface area contributed by atoms with Crippen LogP contribution in [0.2, 0.25) is 0 Å². The van der Waals surface area contributed by atoms with Gasteiger partial charge in [-0.15, -0.1) is 0 Å². The molecule has 0 amide bonds. The summed E-state index contributed by atoms with van der Waals surface area (Å²) in [6.07, 6.45) is 2.06. The van der Waals surface area contributed by atoms with Crippen molar-refractivity contribution < 1.29 is 9.15 Å². The Morgan fingerprint density at radius 3 is 2.65 bits per heavy atom. The van der Waals surface area contributed by atoms with E-state index in [4.69, 9.17) is 9.15 Å². The van der Waals surface area contributed by atoms with E-state index < -0.39 is 0 Å². The standard InChI is InChI=1S/C14H15Br2NO2S/c1-18-14-6-13(11(15)5-12(14)16)17-7-9-3-4-10(19-9)8-20-2/h3-6,17H,7-8H2,1-2H3. The van der Waals surface area contributed by atoms with Gasteiger partial charge in [-0.05, 0) is 56.3 Å². The number of ether oxygens (including phenoxy) is 1. The topological polar surface area (TPSA) is 34.4 Å². The highest BCUT2D eigenvalue weighted by atomic mass is 79.9. The van der Waals surface area contributed by atoms with Crippen LogP contribution in [-0.4, -0.2) is 13.4 Å². The van der Waals surface area contributed by atoms with Crippen molar-refractivity contribution in [1.29, 1.82) is 0 Å². The molecule has 0 saturated heterocycles. The van der Waals surface area contributed by atoms with Gasteiger partial charge in [0.1, 0.15) is 17.3 Å². The molecule has 2 aromatic rings. The molecule has 20 heavy (non-hydrogen) atoms. The number of benzene rings is 1. The van der Waals surface area contributed by atoms with E-state index in [2.05, 4.69) is 43.4 Å². The Labute approximate surface area is 139 Å². The Morgan fingerprint density at radius 2 is 1.95 bits per heavy atom. The Kier molecular flexibility index (Phi) is 5.86. The van der Waals surface area contributed by atoms with Gasteiger partial charge in [0.15, 0.2) is 0 Å². The molecule has 2 rings (SSSR count). The van der Waals surface area contributed by atoms with E-state index in [9.17, 15) is 0 Å². The van der Waals surface area contributed by atoms with E-state index in [1.54, 1.807) is 18.9 Å². The summed E-state index contributed by atoms with van der Waals surface area (Å²) in [5.41, 5.74) is 0.966. The zero-order chi connectivity index (χ0) is 14.5. The smallest absolute Gasteiger partial charge is 0.135 e. The number of hydrogen-bond donors (Lipinski definition) is 1. The van der Waals surface area contributed by atoms with Crippen molar-refractivity contribution in [3.05, 3.63) is 44.7 Å². The number of anilines is 1. The molecule has 0 radical (unpaired) electrons. The molecule has 0 atom stereocenters. The van der Waals surface area contributed by atoms with Crippen LogP contribution >= 0.6 is 43.6 Å². The van der Waals surface area contributed by atoms with Crippen LogP contribution in [0, 0.1) is 0 Å². The monoisotopic (exact) mass is 419 g/mol. The predicted octanol–water partition coefficient (Wildman–Crippen LogP) is 5.29. The molecule has 0 aliphatic rings. The van der Waals surface area contributed by atoms with Crippen molar-refractivity contribution in [1.82, 2.24) is 0 Å². The highest BCUT2D eigenvalue weighted by Gasteiger charge is 2.08. The summed E-state index contributed by atoms with van der Waals surface area (Å²) in [4.78, 5) is 0.